The summed E-state index contributed by atoms with van der Waals surface area (Å²) < 4.78 is 2.46. The van der Waals surface area contributed by atoms with E-state index in [2.05, 4.69) is 22.6 Å². The molecule has 16 heavy (non-hydrogen) atoms. The second-order valence-electron chi connectivity index (χ2n) is 3.83. The minimum Gasteiger partial charge on any atom is -0.283 e. The van der Waals surface area contributed by atoms with Crippen molar-refractivity contribution in [2.24, 2.45) is 0 Å². The van der Waals surface area contributed by atoms with Gasteiger partial charge in [0.05, 0.1) is 3.57 Å². The van der Waals surface area contributed by atoms with Crippen LogP contribution in [0.3, 0.4) is 0 Å². The predicted octanol–water partition coefficient (Wildman–Crippen LogP) is 3.06. The standard InChI is InChI=1S/C13H12INO/c1-9-4-3-5-11(8-9)15-7-6-10(2)12(14)13(15)16/h3-8H,1-2H3. The van der Waals surface area contributed by atoms with Gasteiger partial charge in [-0.15, -0.1) is 0 Å². The van der Waals surface area contributed by atoms with Crippen LogP contribution < -0.4 is 5.56 Å². The first-order chi connectivity index (χ1) is 7.59. The lowest BCUT2D eigenvalue weighted by molar-refractivity contribution is 0.967. The van der Waals surface area contributed by atoms with Gasteiger partial charge in [0.2, 0.25) is 0 Å². The number of benzene rings is 1. The van der Waals surface area contributed by atoms with Gasteiger partial charge < -0.3 is 0 Å². The van der Waals surface area contributed by atoms with Crippen LogP contribution in [0, 0.1) is 17.4 Å². The summed E-state index contributed by atoms with van der Waals surface area (Å²) in [5, 5.41) is 0. The van der Waals surface area contributed by atoms with Crippen molar-refractivity contribution in [1.82, 2.24) is 4.57 Å². The van der Waals surface area contributed by atoms with Gasteiger partial charge in [-0.1, -0.05) is 12.1 Å². The van der Waals surface area contributed by atoms with Crippen molar-refractivity contribution in [2.75, 3.05) is 0 Å². The van der Waals surface area contributed by atoms with Gasteiger partial charge >= 0.3 is 0 Å². The number of aromatic nitrogens is 1. The number of hydrogen-bond acceptors (Lipinski definition) is 1. The van der Waals surface area contributed by atoms with Crippen LogP contribution in [0.2, 0.25) is 0 Å². The summed E-state index contributed by atoms with van der Waals surface area (Å²) in [6.07, 6.45) is 1.83. The largest absolute Gasteiger partial charge is 0.283 e. The molecule has 0 N–H and O–H groups in total. The fraction of sp³-hybridized carbons (Fsp3) is 0.154. The topological polar surface area (TPSA) is 22.0 Å². The van der Waals surface area contributed by atoms with E-state index in [-0.39, 0.29) is 5.56 Å². The quantitative estimate of drug-likeness (QED) is 0.739. The molecule has 3 heteroatoms. The van der Waals surface area contributed by atoms with Gasteiger partial charge in [0.1, 0.15) is 0 Å². The highest BCUT2D eigenvalue weighted by molar-refractivity contribution is 14.1. The smallest absolute Gasteiger partial charge is 0.268 e. The molecule has 1 heterocycles. The van der Waals surface area contributed by atoms with Crippen LogP contribution in [-0.4, -0.2) is 4.57 Å². The molecule has 0 saturated carbocycles. The highest BCUT2D eigenvalue weighted by Gasteiger charge is 2.05. The molecule has 0 spiro atoms. The Morgan fingerprint density at radius 3 is 2.62 bits per heavy atom. The molecular formula is C13H12INO. The summed E-state index contributed by atoms with van der Waals surface area (Å²) in [5.74, 6) is 0. The minimum absolute atomic E-state index is 0.0474. The molecule has 0 unspecified atom stereocenters. The number of rotatable bonds is 1. The maximum Gasteiger partial charge on any atom is 0.268 e. The van der Waals surface area contributed by atoms with Crippen molar-refractivity contribution in [3.63, 3.8) is 0 Å². The SMILES string of the molecule is Cc1cccc(-n2ccc(C)c(I)c2=O)c1. The number of nitrogens with zero attached hydrogens (tertiary/aromatic N) is 1. The molecule has 0 radical (unpaired) electrons. The predicted molar refractivity (Wildman–Crippen MR) is 74.2 cm³/mol. The first-order valence-corrected chi connectivity index (χ1v) is 6.12. The van der Waals surface area contributed by atoms with Gasteiger partial charge in [-0.3, -0.25) is 9.36 Å². The summed E-state index contributed by atoms with van der Waals surface area (Å²) in [4.78, 5) is 12.1. The van der Waals surface area contributed by atoms with Crippen molar-refractivity contribution in [3.8, 4) is 5.69 Å². The summed E-state index contributed by atoms with van der Waals surface area (Å²) in [6, 6.07) is 9.90. The minimum atomic E-state index is 0.0474. The Morgan fingerprint density at radius 2 is 1.94 bits per heavy atom. The zero-order valence-corrected chi connectivity index (χ0v) is 11.4. The second-order valence-corrected chi connectivity index (χ2v) is 4.91. The number of halogens is 1. The van der Waals surface area contributed by atoms with Crippen LogP contribution in [0.1, 0.15) is 11.1 Å². The molecule has 0 aliphatic heterocycles. The van der Waals surface area contributed by atoms with Crippen LogP contribution in [0.5, 0.6) is 0 Å². The van der Waals surface area contributed by atoms with E-state index in [0.717, 1.165) is 20.4 Å². The van der Waals surface area contributed by atoms with Crippen molar-refractivity contribution in [2.45, 2.75) is 13.8 Å². The van der Waals surface area contributed by atoms with Crippen LogP contribution in [0.4, 0.5) is 0 Å². The van der Waals surface area contributed by atoms with E-state index in [4.69, 9.17) is 0 Å². The molecule has 0 amide bonds. The van der Waals surface area contributed by atoms with E-state index >= 15 is 0 Å². The molecule has 1 aromatic carbocycles. The Labute approximate surface area is 108 Å². The Hall–Kier alpha value is -1.10. The molecule has 2 nitrogen and oxygen atoms in total. The molecule has 2 aromatic rings. The first-order valence-electron chi connectivity index (χ1n) is 5.04. The number of pyridine rings is 1. The van der Waals surface area contributed by atoms with Crippen LogP contribution >= 0.6 is 22.6 Å². The third-order valence-electron chi connectivity index (χ3n) is 2.51. The van der Waals surface area contributed by atoms with Crippen molar-refractivity contribution < 1.29 is 0 Å². The molecule has 0 bridgehead atoms. The average molecular weight is 325 g/mol. The molecule has 0 aliphatic rings. The molecule has 0 aliphatic carbocycles. The van der Waals surface area contributed by atoms with Gasteiger partial charge in [-0.2, -0.15) is 0 Å². The molecule has 0 saturated heterocycles. The van der Waals surface area contributed by atoms with Crippen molar-refractivity contribution >= 4 is 22.6 Å². The molecular weight excluding hydrogens is 313 g/mol. The lowest BCUT2D eigenvalue weighted by atomic mass is 10.2. The third kappa shape index (κ3) is 2.04. The molecule has 2 rings (SSSR count). The highest BCUT2D eigenvalue weighted by Crippen LogP contribution is 2.11. The second kappa shape index (κ2) is 4.41. The van der Waals surface area contributed by atoms with Crippen molar-refractivity contribution in [3.05, 3.63) is 61.6 Å². The van der Waals surface area contributed by atoms with E-state index in [1.54, 1.807) is 4.57 Å². The van der Waals surface area contributed by atoms with Crippen LogP contribution in [-0.2, 0) is 0 Å². The number of aryl methyl sites for hydroxylation is 2. The van der Waals surface area contributed by atoms with E-state index < -0.39 is 0 Å². The fourth-order valence-electron chi connectivity index (χ4n) is 1.58. The average Bonchev–Trinajstić information content (AvgIpc) is 2.26. The van der Waals surface area contributed by atoms with Gasteiger partial charge in [-0.05, 0) is 65.8 Å². The van der Waals surface area contributed by atoms with E-state index in [0.29, 0.717) is 0 Å². The highest BCUT2D eigenvalue weighted by atomic mass is 127. The monoisotopic (exact) mass is 325 g/mol. The van der Waals surface area contributed by atoms with Gasteiger partial charge in [0, 0.05) is 11.9 Å². The van der Waals surface area contributed by atoms with E-state index in [9.17, 15) is 4.79 Å². The van der Waals surface area contributed by atoms with E-state index in [1.165, 1.54) is 0 Å². The molecule has 1 aromatic heterocycles. The van der Waals surface area contributed by atoms with Crippen LogP contribution in [0.15, 0.2) is 41.3 Å². The van der Waals surface area contributed by atoms with Gasteiger partial charge in [0.15, 0.2) is 0 Å². The lowest BCUT2D eigenvalue weighted by Crippen LogP contribution is -2.21. The third-order valence-corrected chi connectivity index (χ3v) is 3.82. The molecule has 0 atom stereocenters. The molecule has 0 fully saturated rings. The zero-order valence-electron chi connectivity index (χ0n) is 9.20. The Balaban J connectivity index is 2.66. The summed E-state index contributed by atoms with van der Waals surface area (Å²) in [5.41, 5.74) is 3.14. The maximum atomic E-state index is 12.1. The zero-order chi connectivity index (χ0) is 11.7. The summed E-state index contributed by atoms with van der Waals surface area (Å²) in [6.45, 7) is 3.97. The molecule has 82 valence electrons. The lowest BCUT2D eigenvalue weighted by Gasteiger charge is -2.08. The number of hydrogen-bond donors (Lipinski definition) is 0. The first kappa shape index (κ1) is 11.4. The normalized spacial score (nSPS) is 10.4. The van der Waals surface area contributed by atoms with Gasteiger partial charge in [0.25, 0.3) is 5.56 Å². The summed E-state index contributed by atoms with van der Waals surface area (Å²) in [7, 11) is 0. The maximum absolute atomic E-state index is 12.1. The van der Waals surface area contributed by atoms with E-state index in [1.807, 2.05) is 50.4 Å². The van der Waals surface area contributed by atoms with Gasteiger partial charge in [-0.25, -0.2) is 0 Å². The van der Waals surface area contributed by atoms with Crippen LogP contribution in [0.25, 0.3) is 5.69 Å². The Kier molecular flexibility index (Phi) is 3.14. The van der Waals surface area contributed by atoms with Crippen molar-refractivity contribution in [1.29, 1.82) is 0 Å². The fourth-order valence-corrected chi connectivity index (χ4v) is 2.02. The Bertz CT molecular complexity index is 587. The summed E-state index contributed by atoms with van der Waals surface area (Å²) >= 11 is 2.10. The Morgan fingerprint density at radius 1 is 1.19 bits per heavy atom.